The zero-order valence-electron chi connectivity index (χ0n) is 12.1. The molecule has 5 heteroatoms. The van der Waals surface area contributed by atoms with E-state index < -0.39 is 0 Å². The summed E-state index contributed by atoms with van der Waals surface area (Å²) in [5.74, 6) is 0. The molecule has 2 fully saturated rings. The third-order valence-electron chi connectivity index (χ3n) is 4.51. The number of fused-ring (bicyclic) bond motifs is 2. The average Bonchev–Trinajstić information content (AvgIpc) is 2.79. The van der Waals surface area contributed by atoms with Crippen molar-refractivity contribution in [2.24, 2.45) is 0 Å². The summed E-state index contributed by atoms with van der Waals surface area (Å²) in [6.07, 6.45) is 9.88. The highest BCUT2D eigenvalue weighted by atomic mass is 35.5. The van der Waals surface area contributed by atoms with E-state index in [2.05, 4.69) is 27.1 Å². The van der Waals surface area contributed by atoms with Crippen molar-refractivity contribution in [3.63, 3.8) is 0 Å². The van der Waals surface area contributed by atoms with Crippen LogP contribution in [0.1, 0.15) is 44.7 Å². The number of nitrogens with zero attached hydrogens (tertiary/aromatic N) is 3. The minimum Gasteiger partial charge on any atom is -0.311 e. The molecule has 0 aliphatic carbocycles. The van der Waals surface area contributed by atoms with Gasteiger partial charge in [0.25, 0.3) is 0 Å². The Hall–Kier alpha value is -0.710. The molecule has 1 aromatic rings. The van der Waals surface area contributed by atoms with Crippen molar-refractivity contribution < 1.29 is 0 Å². The molecular weight excluding hydrogens is 272 g/mol. The second kappa shape index (κ2) is 6.37. The van der Waals surface area contributed by atoms with Crippen LogP contribution in [0.25, 0.3) is 0 Å². The average molecular weight is 295 g/mol. The van der Waals surface area contributed by atoms with E-state index in [0.29, 0.717) is 11.2 Å². The van der Waals surface area contributed by atoms with Crippen LogP contribution in [0.2, 0.25) is 5.15 Å². The first-order chi connectivity index (χ1) is 9.74. The highest BCUT2D eigenvalue weighted by Crippen LogP contribution is 2.30. The number of aromatic nitrogens is 2. The van der Waals surface area contributed by atoms with E-state index in [-0.39, 0.29) is 0 Å². The van der Waals surface area contributed by atoms with E-state index in [9.17, 15) is 0 Å². The van der Waals surface area contributed by atoms with Gasteiger partial charge < -0.3 is 5.32 Å². The summed E-state index contributed by atoms with van der Waals surface area (Å²) < 4.78 is 0. The van der Waals surface area contributed by atoms with Gasteiger partial charge in [0.05, 0.1) is 18.1 Å². The molecule has 2 aliphatic heterocycles. The number of nitrogens with one attached hydrogen (secondary N) is 1. The standard InChI is InChI=1S/C15H23ClN4/c1-2-5-20(10-13-8-18-15(16)9-17-13)14-6-11-3-4-12(7-14)19-11/h8-9,11-12,14,19H,2-7,10H2,1H3. The largest absolute Gasteiger partial charge is 0.311 e. The fraction of sp³-hybridized carbons (Fsp3) is 0.733. The van der Waals surface area contributed by atoms with Crippen LogP contribution in [0, 0.1) is 0 Å². The summed E-state index contributed by atoms with van der Waals surface area (Å²) in [5.41, 5.74) is 1.02. The number of rotatable bonds is 5. The van der Waals surface area contributed by atoms with E-state index in [1.165, 1.54) is 32.1 Å². The van der Waals surface area contributed by atoms with Gasteiger partial charge in [-0.2, -0.15) is 0 Å². The maximum absolute atomic E-state index is 5.81. The quantitative estimate of drug-likeness (QED) is 0.906. The molecule has 3 heterocycles. The molecule has 20 heavy (non-hydrogen) atoms. The number of halogens is 1. The fourth-order valence-corrected chi connectivity index (χ4v) is 3.73. The van der Waals surface area contributed by atoms with Crippen LogP contribution in [-0.4, -0.2) is 39.5 Å². The Kier molecular flexibility index (Phi) is 4.54. The van der Waals surface area contributed by atoms with Gasteiger partial charge in [0.2, 0.25) is 0 Å². The van der Waals surface area contributed by atoms with Crippen LogP contribution in [0.4, 0.5) is 0 Å². The summed E-state index contributed by atoms with van der Waals surface area (Å²) in [6, 6.07) is 2.15. The Morgan fingerprint density at radius 3 is 2.60 bits per heavy atom. The monoisotopic (exact) mass is 294 g/mol. The van der Waals surface area contributed by atoms with Gasteiger partial charge in [-0.1, -0.05) is 18.5 Å². The van der Waals surface area contributed by atoms with Gasteiger partial charge in [-0.3, -0.25) is 9.88 Å². The van der Waals surface area contributed by atoms with Gasteiger partial charge in [-0.15, -0.1) is 0 Å². The Morgan fingerprint density at radius 2 is 2.00 bits per heavy atom. The molecule has 3 rings (SSSR count). The van der Waals surface area contributed by atoms with Crippen molar-refractivity contribution in [3.8, 4) is 0 Å². The van der Waals surface area contributed by atoms with Crippen LogP contribution in [0.15, 0.2) is 12.4 Å². The first-order valence-corrected chi connectivity index (χ1v) is 8.09. The van der Waals surface area contributed by atoms with Crippen molar-refractivity contribution in [3.05, 3.63) is 23.2 Å². The van der Waals surface area contributed by atoms with Crippen molar-refractivity contribution in [2.45, 2.75) is 63.7 Å². The lowest BCUT2D eigenvalue weighted by molar-refractivity contribution is 0.132. The molecule has 0 spiro atoms. The van der Waals surface area contributed by atoms with E-state index in [1.807, 2.05) is 0 Å². The van der Waals surface area contributed by atoms with Crippen molar-refractivity contribution in [1.82, 2.24) is 20.2 Å². The Bertz CT molecular complexity index is 424. The van der Waals surface area contributed by atoms with Crippen LogP contribution in [0.5, 0.6) is 0 Å². The van der Waals surface area contributed by atoms with E-state index >= 15 is 0 Å². The molecule has 2 unspecified atom stereocenters. The zero-order valence-corrected chi connectivity index (χ0v) is 12.8. The van der Waals surface area contributed by atoms with Crippen molar-refractivity contribution in [2.75, 3.05) is 6.54 Å². The molecule has 2 saturated heterocycles. The molecule has 1 aromatic heterocycles. The lowest BCUT2D eigenvalue weighted by Crippen LogP contribution is -2.48. The molecule has 0 aromatic carbocycles. The third-order valence-corrected chi connectivity index (χ3v) is 4.71. The summed E-state index contributed by atoms with van der Waals surface area (Å²) in [6.45, 7) is 4.27. The molecule has 1 N–H and O–H groups in total. The number of hydrogen-bond donors (Lipinski definition) is 1. The van der Waals surface area contributed by atoms with E-state index in [1.54, 1.807) is 12.4 Å². The Labute approximate surface area is 125 Å². The minimum absolute atomic E-state index is 0.468. The first kappa shape index (κ1) is 14.2. The maximum Gasteiger partial charge on any atom is 0.147 e. The Morgan fingerprint density at radius 1 is 1.25 bits per heavy atom. The molecule has 2 aliphatic rings. The third kappa shape index (κ3) is 3.30. The van der Waals surface area contributed by atoms with Crippen LogP contribution in [0.3, 0.4) is 0 Å². The molecule has 2 atom stereocenters. The van der Waals surface area contributed by atoms with E-state index in [4.69, 9.17) is 11.6 Å². The SMILES string of the molecule is CCCN(Cc1cnc(Cl)cn1)C1CC2CCC(C1)N2. The second-order valence-corrected chi connectivity index (χ2v) is 6.45. The second-order valence-electron chi connectivity index (χ2n) is 6.06. The molecular formula is C15H23ClN4. The minimum atomic E-state index is 0.468. The summed E-state index contributed by atoms with van der Waals surface area (Å²) >= 11 is 5.81. The van der Waals surface area contributed by atoms with E-state index in [0.717, 1.165) is 30.9 Å². The van der Waals surface area contributed by atoms with Gasteiger partial charge in [-0.05, 0) is 38.6 Å². The fourth-order valence-electron chi connectivity index (χ4n) is 3.63. The molecule has 2 bridgehead atoms. The highest BCUT2D eigenvalue weighted by Gasteiger charge is 2.35. The first-order valence-electron chi connectivity index (χ1n) is 7.71. The summed E-state index contributed by atoms with van der Waals surface area (Å²) in [7, 11) is 0. The van der Waals surface area contributed by atoms with Crippen molar-refractivity contribution in [1.29, 1.82) is 0 Å². The normalized spacial score (nSPS) is 29.1. The molecule has 110 valence electrons. The van der Waals surface area contributed by atoms with Crippen LogP contribution in [-0.2, 0) is 6.54 Å². The lowest BCUT2D eigenvalue weighted by Gasteiger charge is -2.37. The van der Waals surface area contributed by atoms with Gasteiger partial charge in [0.1, 0.15) is 5.15 Å². The highest BCUT2D eigenvalue weighted by molar-refractivity contribution is 6.29. The van der Waals surface area contributed by atoms with Gasteiger partial charge in [-0.25, -0.2) is 4.98 Å². The topological polar surface area (TPSA) is 41.1 Å². The van der Waals surface area contributed by atoms with Gasteiger partial charge >= 0.3 is 0 Å². The summed E-state index contributed by atoms with van der Waals surface area (Å²) in [5, 5.41) is 4.18. The predicted molar refractivity (Wildman–Crippen MR) is 80.7 cm³/mol. The van der Waals surface area contributed by atoms with Gasteiger partial charge in [0.15, 0.2) is 0 Å². The Balaban J connectivity index is 1.67. The molecule has 4 nitrogen and oxygen atoms in total. The van der Waals surface area contributed by atoms with Crippen molar-refractivity contribution >= 4 is 11.6 Å². The lowest BCUT2D eigenvalue weighted by atomic mass is 9.97. The zero-order chi connectivity index (χ0) is 13.9. The number of piperidine rings is 1. The molecule has 0 saturated carbocycles. The van der Waals surface area contributed by atoms with Crippen LogP contribution >= 0.6 is 11.6 Å². The predicted octanol–water partition coefficient (Wildman–Crippen LogP) is 2.62. The molecule has 0 radical (unpaired) electrons. The molecule has 0 amide bonds. The van der Waals surface area contributed by atoms with Gasteiger partial charge in [0, 0.05) is 24.7 Å². The maximum atomic E-state index is 5.81. The summed E-state index contributed by atoms with van der Waals surface area (Å²) in [4.78, 5) is 11.1. The van der Waals surface area contributed by atoms with Crippen LogP contribution < -0.4 is 5.32 Å². The smallest absolute Gasteiger partial charge is 0.147 e. The number of hydrogen-bond acceptors (Lipinski definition) is 4.